The van der Waals surface area contributed by atoms with Gasteiger partial charge in [0.25, 0.3) is 0 Å². The van der Waals surface area contributed by atoms with E-state index < -0.39 is 16.1 Å². The van der Waals surface area contributed by atoms with Gasteiger partial charge in [0.2, 0.25) is 21.7 Å². The maximum atomic E-state index is 13.4. The van der Waals surface area contributed by atoms with Crippen LogP contribution in [0.4, 0.5) is 0 Å². The van der Waals surface area contributed by atoms with Crippen LogP contribution in [0.25, 0.3) is 11.4 Å². The van der Waals surface area contributed by atoms with Gasteiger partial charge in [-0.05, 0) is 50.2 Å². The van der Waals surface area contributed by atoms with Gasteiger partial charge in [-0.15, -0.1) is 0 Å². The summed E-state index contributed by atoms with van der Waals surface area (Å²) in [6.45, 7) is 3.37. The fourth-order valence-corrected chi connectivity index (χ4v) is 5.07. The van der Waals surface area contributed by atoms with E-state index in [4.69, 9.17) is 30.3 Å². The molecule has 0 saturated heterocycles. The number of methoxy groups -OCH3 is 3. The Morgan fingerprint density at radius 3 is 2.28 bits per heavy atom. The zero-order valence-corrected chi connectivity index (χ0v) is 19.9. The molecule has 9 nitrogen and oxygen atoms in total. The molecule has 0 saturated carbocycles. The van der Waals surface area contributed by atoms with Crippen molar-refractivity contribution in [2.45, 2.75) is 31.3 Å². The number of rotatable bonds is 9. The van der Waals surface area contributed by atoms with E-state index in [2.05, 4.69) is 10.1 Å². The van der Waals surface area contributed by atoms with E-state index in [1.54, 1.807) is 45.2 Å². The van der Waals surface area contributed by atoms with Crippen LogP contribution in [0.3, 0.4) is 0 Å². The van der Waals surface area contributed by atoms with Crippen molar-refractivity contribution in [1.82, 2.24) is 14.4 Å². The lowest BCUT2D eigenvalue weighted by atomic mass is 10.2. The molecule has 0 aliphatic rings. The highest BCUT2D eigenvalue weighted by atomic mass is 35.5. The van der Waals surface area contributed by atoms with E-state index in [0.29, 0.717) is 22.9 Å². The Labute approximate surface area is 191 Å². The van der Waals surface area contributed by atoms with Crippen molar-refractivity contribution >= 4 is 21.6 Å². The monoisotopic (exact) mass is 481 g/mol. The highest BCUT2D eigenvalue weighted by Gasteiger charge is 2.32. The molecular formula is C21H24ClN3O6S. The average Bonchev–Trinajstić information content (AvgIpc) is 3.25. The van der Waals surface area contributed by atoms with Crippen LogP contribution in [0.15, 0.2) is 45.8 Å². The summed E-state index contributed by atoms with van der Waals surface area (Å²) >= 11 is 6.04. The highest BCUT2D eigenvalue weighted by molar-refractivity contribution is 7.89. The van der Waals surface area contributed by atoms with Gasteiger partial charge >= 0.3 is 0 Å². The molecule has 3 aromatic rings. The Morgan fingerprint density at radius 1 is 1.00 bits per heavy atom. The van der Waals surface area contributed by atoms with Crippen LogP contribution >= 0.6 is 11.6 Å². The summed E-state index contributed by atoms with van der Waals surface area (Å²) in [5, 5.41) is 4.26. The second kappa shape index (κ2) is 9.76. The first-order valence-electron chi connectivity index (χ1n) is 9.61. The number of hydrogen-bond acceptors (Lipinski definition) is 8. The minimum absolute atomic E-state index is 0.0409. The molecule has 0 N–H and O–H groups in total. The summed E-state index contributed by atoms with van der Waals surface area (Å²) in [4.78, 5) is 4.32. The van der Waals surface area contributed by atoms with E-state index in [-0.39, 0.29) is 28.1 Å². The molecule has 0 aliphatic heterocycles. The van der Waals surface area contributed by atoms with Crippen molar-refractivity contribution in [3.05, 3.63) is 47.3 Å². The summed E-state index contributed by atoms with van der Waals surface area (Å²) in [6, 6.07) is 9.21. The molecule has 1 aromatic heterocycles. The average molecular weight is 482 g/mol. The molecule has 0 bridgehead atoms. The molecule has 0 radical (unpaired) electrons. The summed E-state index contributed by atoms with van der Waals surface area (Å²) in [6.07, 6.45) is 0. The second-order valence-corrected chi connectivity index (χ2v) is 9.32. The Morgan fingerprint density at radius 2 is 1.66 bits per heavy atom. The van der Waals surface area contributed by atoms with Crippen molar-refractivity contribution < 1.29 is 27.2 Å². The lowest BCUT2D eigenvalue weighted by Crippen LogP contribution is -2.36. The molecule has 0 fully saturated rings. The molecule has 1 heterocycles. The largest absolute Gasteiger partial charge is 0.495 e. The standard InChI is InChI=1S/C21H24ClN3O6S/c1-13(2)25(32(26,27)19-11-15(22)7-9-17(19)29-4)12-20-23-21(24-31-20)14-6-8-16(28-3)18(10-14)30-5/h6-11,13H,12H2,1-5H3. The molecule has 172 valence electrons. The van der Waals surface area contributed by atoms with Crippen LogP contribution in [0.5, 0.6) is 17.2 Å². The maximum Gasteiger partial charge on any atom is 0.247 e. The van der Waals surface area contributed by atoms with Gasteiger partial charge in [0.1, 0.15) is 10.6 Å². The topological polar surface area (TPSA) is 104 Å². The first-order valence-corrected chi connectivity index (χ1v) is 11.4. The number of sulfonamides is 1. The maximum absolute atomic E-state index is 13.4. The van der Waals surface area contributed by atoms with Crippen molar-refractivity contribution in [2.24, 2.45) is 0 Å². The summed E-state index contributed by atoms with van der Waals surface area (Å²) in [7, 11) is 0.487. The van der Waals surface area contributed by atoms with Crippen molar-refractivity contribution in [3.8, 4) is 28.6 Å². The van der Waals surface area contributed by atoms with Crippen molar-refractivity contribution in [2.75, 3.05) is 21.3 Å². The van der Waals surface area contributed by atoms with Gasteiger partial charge in [-0.1, -0.05) is 16.8 Å². The van der Waals surface area contributed by atoms with Gasteiger partial charge in [0, 0.05) is 16.6 Å². The van der Waals surface area contributed by atoms with Crippen molar-refractivity contribution in [3.63, 3.8) is 0 Å². The third kappa shape index (κ3) is 4.82. The Hall–Kier alpha value is -2.82. The minimum atomic E-state index is -3.98. The van der Waals surface area contributed by atoms with E-state index in [9.17, 15) is 8.42 Å². The summed E-state index contributed by atoms with van der Waals surface area (Å²) in [5.74, 6) is 1.69. The Balaban J connectivity index is 1.93. The number of halogens is 1. The fraction of sp³-hybridized carbons (Fsp3) is 0.333. The Bertz CT molecular complexity index is 1200. The number of hydrogen-bond donors (Lipinski definition) is 0. The number of ether oxygens (including phenoxy) is 3. The van der Waals surface area contributed by atoms with E-state index >= 15 is 0 Å². The van der Waals surface area contributed by atoms with Gasteiger partial charge in [0.15, 0.2) is 11.5 Å². The summed E-state index contributed by atoms with van der Waals surface area (Å²) < 4.78 is 49.2. The predicted octanol–water partition coefficient (Wildman–Crippen LogP) is 4.02. The lowest BCUT2D eigenvalue weighted by molar-refractivity contribution is 0.285. The normalized spacial score (nSPS) is 11.8. The third-order valence-corrected chi connectivity index (χ3v) is 6.97. The highest BCUT2D eigenvalue weighted by Crippen LogP contribution is 2.33. The lowest BCUT2D eigenvalue weighted by Gasteiger charge is -2.25. The van der Waals surface area contributed by atoms with Crippen LogP contribution in [0.1, 0.15) is 19.7 Å². The number of nitrogens with zero attached hydrogens (tertiary/aromatic N) is 3. The van der Waals surface area contributed by atoms with Crippen LogP contribution in [0, 0.1) is 0 Å². The van der Waals surface area contributed by atoms with E-state index in [0.717, 1.165) is 0 Å². The molecule has 0 amide bonds. The van der Waals surface area contributed by atoms with Crippen molar-refractivity contribution in [1.29, 1.82) is 0 Å². The predicted molar refractivity (Wildman–Crippen MR) is 119 cm³/mol. The molecule has 2 aromatic carbocycles. The van der Waals surface area contributed by atoms with Gasteiger partial charge in [-0.2, -0.15) is 9.29 Å². The summed E-state index contributed by atoms with van der Waals surface area (Å²) in [5.41, 5.74) is 0.633. The molecule has 0 atom stereocenters. The zero-order valence-electron chi connectivity index (χ0n) is 18.3. The second-order valence-electron chi connectivity index (χ2n) is 7.02. The molecule has 0 aliphatic carbocycles. The van der Waals surface area contributed by atoms with Crippen LogP contribution in [0.2, 0.25) is 5.02 Å². The Kier molecular flexibility index (Phi) is 7.27. The molecule has 3 rings (SSSR count). The SMILES string of the molecule is COc1ccc(-c2noc(CN(C(C)C)S(=O)(=O)c3cc(Cl)ccc3OC)n2)cc1OC. The molecule has 0 unspecified atom stereocenters. The van der Waals surface area contributed by atoms with Gasteiger partial charge in [0.05, 0.1) is 27.9 Å². The molecular weight excluding hydrogens is 458 g/mol. The number of benzene rings is 2. The smallest absolute Gasteiger partial charge is 0.247 e. The molecule has 11 heteroatoms. The molecule has 0 spiro atoms. The van der Waals surface area contributed by atoms with Gasteiger partial charge < -0.3 is 18.7 Å². The van der Waals surface area contributed by atoms with Crippen LogP contribution in [-0.2, 0) is 16.6 Å². The van der Waals surface area contributed by atoms with Gasteiger partial charge in [-0.25, -0.2) is 8.42 Å². The quantitative estimate of drug-likeness (QED) is 0.451. The minimum Gasteiger partial charge on any atom is -0.495 e. The zero-order chi connectivity index (χ0) is 23.5. The first kappa shape index (κ1) is 23.8. The molecule has 32 heavy (non-hydrogen) atoms. The van der Waals surface area contributed by atoms with E-state index in [1.165, 1.54) is 30.7 Å². The van der Waals surface area contributed by atoms with Crippen LogP contribution < -0.4 is 14.2 Å². The number of aromatic nitrogens is 2. The fourth-order valence-electron chi connectivity index (χ4n) is 3.07. The van der Waals surface area contributed by atoms with E-state index in [1.807, 2.05) is 0 Å². The van der Waals surface area contributed by atoms with Gasteiger partial charge in [-0.3, -0.25) is 0 Å². The third-order valence-electron chi connectivity index (χ3n) is 4.69. The first-order chi connectivity index (χ1) is 15.2. The van der Waals surface area contributed by atoms with Crippen LogP contribution in [-0.4, -0.2) is 50.2 Å².